The number of aromatic hydroxyl groups is 4. The van der Waals surface area contributed by atoms with Crippen LogP contribution >= 0.6 is 0 Å². The van der Waals surface area contributed by atoms with E-state index in [4.69, 9.17) is 5.73 Å². The first-order chi connectivity index (χ1) is 15.5. The molecule has 0 saturated carbocycles. The van der Waals surface area contributed by atoms with Crippen molar-refractivity contribution >= 4 is 29.7 Å². The number of carboxylic acids is 1. The zero-order chi connectivity index (χ0) is 24.6. The van der Waals surface area contributed by atoms with Crippen molar-refractivity contribution in [1.82, 2.24) is 0 Å². The maximum Gasteiger partial charge on any atom is 0.331 e. The monoisotopic (exact) mass is 455 g/mol. The van der Waals surface area contributed by atoms with Gasteiger partial charge in [0.1, 0.15) is 0 Å². The number of unbranched alkanes of at least 4 members (excludes halogenated alkanes) is 1. The van der Waals surface area contributed by atoms with Gasteiger partial charge in [-0.05, 0) is 60.4 Å². The smallest absolute Gasteiger partial charge is 0.331 e. The molecule has 2 aromatic rings. The summed E-state index contributed by atoms with van der Waals surface area (Å²) in [6.07, 6.45) is 5.49. The maximum atomic E-state index is 12.4. The van der Waals surface area contributed by atoms with E-state index in [1.165, 1.54) is 54.6 Å². The molecule has 174 valence electrons. The number of carbonyl (C=O) groups excluding carboxylic acids is 2. The van der Waals surface area contributed by atoms with Gasteiger partial charge in [0.2, 0.25) is 0 Å². The predicted octanol–water partition coefficient (Wildman–Crippen LogP) is 2.72. The Labute approximate surface area is 189 Å². The van der Waals surface area contributed by atoms with E-state index in [0.29, 0.717) is 17.5 Å². The number of rotatable bonds is 11. The van der Waals surface area contributed by atoms with Crippen LogP contribution < -0.4 is 5.73 Å². The number of phenolic OH excluding ortho intramolecular Hbond substituents is 4. The minimum Gasteiger partial charge on any atom is -0.504 e. The Hall–Kier alpha value is -4.11. The second-order valence-electron chi connectivity index (χ2n) is 7.48. The number of benzene rings is 2. The highest BCUT2D eigenvalue weighted by Crippen LogP contribution is 2.26. The van der Waals surface area contributed by atoms with Gasteiger partial charge in [-0.25, -0.2) is 4.79 Å². The van der Waals surface area contributed by atoms with Crippen molar-refractivity contribution in [2.45, 2.75) is 31.2 Å². The fourth-order valence-corrected chi connectivity index (χ4v) is 2.92. The molecule has 2 aromatic carbocycles. The third kappa shape index (κ3) is 6.94. The summed E-state index contributed by atoms with van der Waals surface area (Å²) < 4.78 is 0. The van der Waals surface area contributed by atoms with Crippen LogP contribution in [0.5, 0.6) is 23.0 Å². The second kappa shape index (κ2) is 11.0. The molecule has 0 spiro atoms. The minimum atomic E-state index is -2.17. The lowest BCUT2D eigenvalue weighted by atomic mass is 9.88. The molecule has 7 N–H and O–H groups in total. The van der Waals surface area contributed by atoms with E-state index in [9.17, 15) is 39.9 Å². The average Bonchev–Trinajstić information content (AvgIpc) is 2.77. The van der Waals surface area contributed by atoms with Gasteiger partial charge in [-0.1, -0.05) is 30.7 Å². The van der Waals surface area contributed by atoms with Crippen LogP contribution in [0.15, 0.2) is 48.6 Å². The topological polar surface area (TPSA) is 178 Å². The number of aliphatic carboxylic acids is 1. The Morgan fingerprint density at radius 1 is 0.788 bits per heavy atom. The van der Waals surface area contributed by atoms with Crippen molar-refractivity contribution in [2.24, 2.45) is 5.73 Å². The molecule has 0 aliphatic carbocycles. The van der Waals surface area contributed by atoms with Gasteiger partial charge in [0.25, 0.3) is 0 Å². The van der Waals surface area contributed by atoms with E-state index in [1.54, 1.807) is 0 Å². The van der Waals surface area contributed by atoms with Crippen molar-refractivity contribution in [1.29, 1.82) is 0 Å². The molecule has 0 aliphatic rings. The first-order valence-corrected chi connectivity index (χ1v) is 10.0. The molecule has 1 atom stereocenters. The molecule has 0 saturated heterocycles. The predicted molar refractivity (Wildman–Crippen MR) is 121 cm³/mol. The van der Waals surface area contributed by atoms with E-state index in [0.717, 1.165) is 6.08 Å². The summed E-state index contributed by atoms with van der Waals surface area (Å²) in [5.41, 5.74) is 4.56. The van der Waals surface area contributed by atoms with Crippen LogP contribution in [0.4, 0.5) is 0 Å². The van der Waals surface area contributed by atoms with Crippen molar-refractivity contribution < 1.29 is 39.9 Å². The van der Waals surface area contributed by atoms with E-state index >= 15 is 0 Å². The van der Waals surface area contributed by atoms with Crippen LogP contribution in [0.1, 0.15) is 36.8 Å². The zero-order valence-electron chi connectivity index (χ0n) is 17.6. The molecule has 0 fully saturated rings. The number of nitrogens with two attached hydrogens (primary N) is 1. The molecule has 0 aliphatic heterocycles. The third-order valence-electron chi connectivity index (χ3n) is 4.95. The standard InChI is InChI=1S/C24H25NO8/c25-24(23(32)33,22(31)11-7-16-6-10-19(28)21(30)14-16)12-2-1-3-17(26)8-4-15-5-9-18(27)20(29)13-15/h4-11,13-14,27-30H,1-3,12,25H2,(H,32,33). The quantitative estimate of drug-likeness (QED) is 0.129. The molecule has 0 radical (unpaired) electrons. The van der Waals surface area contributed by atoms with Crippen LogP contribution in [-0.2, 0) is 14.4 Å². The summed E-state index contributed by atoms with van der Waals surface area (Å²) in [5.74, 6) is -3.87. The molecule has 1 unspecified atom stereocenters. The summed E-state index contributed by atoms with van der Waals surface area (Å²) in [6, 6.07) is 7.97. The van der Waals surface area contributed by atoms with Gasteiger partial charge < -0.3 is 31.3 Å². The highest BCUT2D eigenvalue weighted by Gasteiger charge is 2.39. The highest BCUT2D eigenvalue weighted by molar-refractivity contribution is 6.14. The lowest BCUT2D eigenvalue weighted by Gasteiger charge is -2.21. The van der Waals surface area contributed by atoms with Crippen LogP contribution in [-0.4, -0.2) is 48.6 Å². The molecule has 9 heteroatoms. The number of hydrogen-bond donors (Lipinski definition) is 6. The molecule has 33 heavy (non-hydrogen) atoms. The number of ketones is 2. The first kappa shape index (κ1) is 25.2. The van der Waals surface area contributed by atoms with Gasteiger partial charge in [0, 0.05) is 6.42 Å². The Morgan fingerprint density at radius 2 is 1.30 bits per heavy atom. The number of allylic oxidation sites excluding steroid dienone is 1. The number of hydrogen-bond acceptors (Lipinski definition) is 8. The first-order valence-electron chi connectivity index (χ1n) is 10.0. The van der Waals surface area contributed by atoms with Crippen molar-refractivity contribution in [3.63, 3.8) is 0 Å². The van der Waals surface area contributed by atoms with E-state index in [-0.39, 0.29) is 48.0 Å². The summed E-state index contributed by atoms with van der Waals surface area (Å²) >= 11 is 0. The normalized spacial score (nSPS) is 13.2. The van der Waals surface area contributed by atoms with Gasteiger partial charge in [-0.3, -0.25) is 9.59 Å². The minimum absolute atomic E-state index is 0.104. The van der Waals surface area contributed by atoms with E-state index in [2.05, 4.69) is 0 Å². The Morgan fingerprint density at radius 3 is 1.79 bits per heavy atom. The molecule has 9 nitrogen and oxygen atoms in total. The van der Waals surface area contributed by atoms with Crippen LogP contribution in [0, 0.1) is 0 Å². The fraction of sp³-hybridized carbons (Fsp3) is 0.208. The van der Waals surface area contributed by atoms with E-state index < -0.39 is 17.3 Å². The summed E-state index contributed by atoms with van der Waals surface area (Å²) in [6.45, 7) is 0. The molecule has 0 bridgehead atoms. The molecule has 0 aromatic heterocycles. The van der Waals surface area contributed by atoms with Crippen molar-refractivity contribution in [2.75, 3.05) is 0 Å². The summed E-state index contributed by atoms with van der Waals surface area (Å²) in [4.78, 5) is 36.1. The number of carboxylic acid groups (broad SMARTS) is 1. The van der Waals surface area contributed by atoms with Crippen LogP contribution in [0.3, 0.4) is 0 Å². The Balaban J connectivity index is 1.90. The third-order valence-corrected chi connectivity index (χ3v) is 4.95. The molecular formula is C24H25NO8. The van der Waals surface area contributed by atoms with E-state index in [1.807, 2.05) is 0 Å². The van der Waals surface area contributed by atoms with Gasteiger partial charge in [-0.15, -0.1) is 0 Å². The largest absolute Gasteiger partial charge is 0.504 e. The molecule has 2 rings (SSSR count). The molecular weight excluding hydrogens is 430 g/mol. The van der Waals surface area contributed by atoms with Gasteiger partial charge in [-0.2, -0.15) is 0 Å². The zero-order valence-corrected chi connectivity index (χ0v) is 17.6. The second-order valence-corrected chi connectivity index (χ2v) is 7.48. The molecule has 0 amide bonds. The maximum absolute atomic E-state index is 12.4. The van der Waals surface area contributed by atoms with Gasteiger partial charge in [0.05, 0.1) is 0 Å². The lowest BCUT2D eigenvalue weighted by molar-refractivity contribution is -0.147. The lowest BCUT2D eigenvalue weighted by Crippen LogP contribution is -2.54. The summed E-state index contributed by atoms with van der Waals surface area (Å²) in [5, 5.41) is 47.0. The Bertz CT molecular complexity index is 1110. The van der Waals surface area contributed by atoms with Crippen LogP contribution in [0.25, 0.3) is 12.2 Å². The van der Waals surface area contributed by atoms with Crippen molar-refractivity contribution in [3.8, 4) is 23.0 Å². The van der Waals surface area contributed by atoms with Gasteiger partial charge in [0.15, 0.2) is 40.1 Å². The van der Waals surface area contributed by atoms with Crippen molar-refractivity contribution in [3.05, 3.63) is 59.7 Å². The molecule has 0 heterocycles. The fourth-order valence-electron chi connectivity index (χ4n) is 2.92. The number of phenols is 4. The Kier molecular flexibility index (Phi) is 8.36. The van der Waals surface area contributed by atoms with Crippen LogP contribution in [0.2, 0.25) is 0 Å². The SMILES string of the molecule is NC(CCCCC(=O)C=Cc1ccc(O)c(O)c1)(C(=O)O)C(=O)C=Cc1ccc(O)c(O)c1. The summed E-state index contributed by atoms with van der Waals surface area (Å²) in [7, 11) is 0. The number of carbonyl (C=O) groups is 3. The van der Waals surface area contributed by atoms with Gasteiger partial charge >= 0.3 is 5.97 Å². The average molecular weight is 455 g/mol. The highest BCUT2D eigenvalue weighted by atomic mass is 16.4.